The van der Waals surface area contributed by atoms with Crippen molar-refractivity contribution in [2.45, 2.75) is 45.3 Å². The highest BCUT2D eigenvalue weighted by molar-refractivity contribution is 7.09. The standard InChI is InChI=1S/C13H21N3O2S/c1-8(12-15-9(2)7-19-12)6-14-13(17)16-11-4-5-18-10(11)3/h7-8,10-11H,4-6H2,1-3H3,(H2,14,16,17)/t8-,10-,11+/m1/s1. The molecule has 2 N–H and O–H groups in total. The average Bonchev–Trinajstić information content (AvgIpc) is 2.96. The Balaban J connectivity index is 1.74. The van der Waals surface area contributed by atoms with E-state index in [1.54, 1.807) is 11.3 Å². The number of nitrogens with zero attached hydrogens (tertiary/aromatic N) is 1. The molecule has 1 saturated heterocycles. The van der Waals surface area contributed by atoms with Gasteiger partial charge in [-0.15, -0.1) is 11.3 Å². The van der Waals surface area contributed by atoms with Crippen LogP contribution in [-0.4, -0.2) is 36.3 Å². The summed E-state index contributed by atoms with van der Waals surface area (Å²) in [5.41, 5.74) is 1.04. The first-order chi connectivity index (χ1) is 9.06. The Morgan fingerprint density at radius 1 is 1.68 bits per heavy atom. The van der Waals surface area contributed by atoms with E-state index in [0.29, 0.717) is 6.54 Å². The molecular weight excluding hydrogens is 262 g/mol. The van der Waals surface area contributed by atoms with Crippen molar-refractivity contribution in [1.29, 1.82) is 0 Å². The Morgan fingerprint density at radius 3 is 3.05 bits per heavy atom. The average molecular weight is 283 g/mol. The fraction of sp³-hybridized carbons (Fsp3) is 0.692. The van der Waals surface area contributed by atoms with Gasteiger partial charge in [-0.3, -0.25) is 0 Å². The molecule has 6 heteroatoms. The van der Waals surface area contributed by atoms with Crippen LogP contribution in [0.2, 0.25) is 0 Å². The molecule has 0 bridgehead atoms. The van der Waals surface area contributed by atoms with Crippen LogP contribution in [0, 0.1) is 6.92 Å². The number of ether oxygens (including phenoxy) is 1. The van der Waals surface area contributed by atoms with Gasteiger partial charge < -0.3 is 15.4 Å². The second-order valence-electron chi connectivity index (χ2n) is 5.05. The van der Waals surface area contributed by atoms with Gasteiger partial charge in [-0.1, -0.05) is 6.92 Å². The van der Waals surface area contributed by atoms with Crippen molar-refractivity contribution in [3.05, 3.63) is 16.1 Å². The summed E-state index contributed by atoms with van der Waals surface area (Å²) in [4.78, 5) is 16.2. The monoisotopic (exact) mass is 283 g/mol. The summed E-state index contributed by atoms with van der Waals surface area (Å²) in [5.74, 6) is 0.238. The van der Waals surface area contributed by atoms with Crippen LogP contribution >= 0.6 is 11.3 Å². The molecule has 1 aromatic rings. The van der Waals surface area contributed by atoms with E-state index >= 15 is 0 Å². The van der Waals surface area contributed by atoms with Crippen LogP contribution in [0.15, 0.2) is 5.38 Å². The highest BCUT2D eigenvalue weighted by atomic mass is 32.1. The van der Waals surface area contributed by atoms with Crippen molar-refractivity contribution in [3.63, 3.8) is 0 Å². The van der Waals surface area contributed by atoms with Gasteiger partial charge >= 0.3 is 6.03 Å². The zero-order valence-corrected chi connectivity index (χ0v) is 12.4. The molecule has 0 saturated carbocycles. The zero-order chi connectivity index (χ0) is 13.8. The molecule has 2 rings (SSSR count). The van der Waals surface area contributed by atoms with Crippen molar-refractivity contribution in [3.8, 4) is 0 Å². The van der Waals surface area contributed by atoms with Gasteiger partial charge in [-0.05, 0) is 20.3 Å². The van der Waals surface area contributed by atoms with E-state index in [0.717, 1.165) is 23.7 Å². The third-order valence-electron chi connectivity index (χ3n) is 3.32. The van der Waals surface area contributed by atoms with E-state index in [2.05, 4.69) is 22.5 Å². The number of aromatic nitrogens is 1. The minimum atomic E-state index is -0.123. The molecule has 0 aliphatic carbocycles. The first-order valence-electron chi connectivity index (χ1n) is 6.64. The molecule has 1 aromatic heterocycles. The maximum Gasteiger partial charge on any atom is 0.315 e. The topological polar surface area (TPSA) is 63.2 Å². The van der Waals surface area contributed by atoms with E-state index in [9.17, 15) is 4.79 Å². The Labute approximate surface area is 117 Å². The van der Waals surface area contributed by atoms with Gasteiger partial charge in [0.2, 0.25) is 0 Å². The minimum Gasteiger partial charge on any atom is -0.376 e. The molecule has 5 nitrogen and oxygen atoms in total. The summed E-state index contributed by atoms with van der Waals surface area (Å²) in [6.07, 6.45) is 0.986. The number of carbonyl (C=O) groups is 1. The summed E-state index contributed by atoms with van der Waals surface area (Å²) < 4.78 is 5.41. The molecule has 1 aliphatic rings. The smallest absolute Gasteiger partial charge is 0.315 e. The highest BCUT2D eigenvalue weighted by Gasteiger charge is 2.25. The molecule has 1 fully saturated rings. The van der Waals surface area contributed by atoms with Crippen molar-refractivity contribution < 1.29 is 9.53 Å². The van der Waals surface area contributed by atoms with Crippen LogP contribution in [0.25, 0.3) is 0 Å². The number of nitrogens with one attached hydrogen (secondary N) is 2. The lowest BCUT2D eigenvalue weighted by molar-refractivity contribution is 0.114. The Kier molecular flexibility index (Phi) is 4.76. The van der Waals surface area contributed by atoms with Crippen LogP contribution in [-0.2, 0) is 4.74 Å². The molecule has 3 atom stereocenters. The molecule has 0 radical (unpaired) electrons. The van der Waals surface area contributed by atoms with Gasteiger partial charge in [0.25, 0.3) is 0 Å². The van der Waals surface area contributed by atoms with Crippen molar-refractivity contribution in [2.75, 3.05) is 13.2 Å². The van der Waals surface area contributed by atoms with E-state index in [1.165, 1.54) is 0 Å². The molecule has 2 heterocycles. The lowest BCUT2D eigenvalue weighted by Gasteiger charge is -2.17. The van der Waals surface area contributed by atoms with Crippen molar-refractivity contribution in [1.82, 2.24) is 15.6 Å². The number of hydrogen-bond donors (Lipinski definition) is 2. The summed E-state index contributed by atoms with van der Waals surface area (Å²) in [5, 5.41) is 8.94. The summed E-state index contributed by atoms with van der Waals surface area (Å²) in [7, 11) is 0. The van der Waals surface area contributed by atoms with Crippen LogP contribution in [0.4, 0.5) is 4.79 Å². The molecule has 0 spiro atoms. The zero-order valence-electron chi connectivity index (χ0n) is 11.6. The van der Waals surface area contributed by atoms with Gasteiger partial charge in [-0.2, -0.15) is 0 Å². The van der Waals surface area contributed by atoms with E-state index < -0.39 is 0 Å². The van der Waals surface area contributed by atoms with Crippen LogP contribution in [0.3, 0.4) is 0 Å². The first kappa shape index (κ1) is 14.3. The lowest BCUT2D eigenvalue weighted by atomic mass is 10.1. The third kappa shape index (κ3) is 3.91. The minimum absolute atomic E-state index is 0.102. The van der Waals surface area contributed by atoms with Gasteiger partial charge in [0.15, 0.2) is 0 Å². The molecular formula is C13H21N3O2S. The maximum atomic E-state index is 11.8. The van der Waals surface area contributed by atoms with Gasteiger partial charge in [0.05, 0.1) is 17.2 Å². The largest absolute Gasteiger partial charge is 0.376 e. The Bertz CT molecular complexity index is 435. The lowest BCUT2D eigenvalue weighted by Crippen LogP contribution is -2.45. The number of amides is 2. The fourth-order valence-corrected chi connectivity index (χ4v) is 2.93. The normalized spacial score (nSPS) is 24.2. The van der Waals surface area contributed by atoms with Crippen molar-refractivity contribution in [2.24, 2.45) is 0 Å². The number of urea groups is 1. The SMILES string of the molecule is Cc1csc([C@H](C)CNC(=O)N[C@H]2CCO[C@@H]2C)n1. The molecule has 0 aromatic carbocycles. The Morgan fingerprint density at radius 2 is 2.47 bits per heavy atom. The maximum absolute atomic E-state index is 11.8. The Hall–Kier alpha value is -1.14. The molecule has 2 amide bonds. The van der Waals surface area contributed by atoms with Crippen molar-refractivity contribution >= 4 is 17.4 Å². The predicted molar refractivity (Wildman–Crippen MR) is 75.6 cm³/mol. The second kappa shape index (κ2) is 6.34. The van der Waals surface area contributed by atoms with Gasteiger partial charge in [0.1, 0.15) is 0 Å². The number of aryl methyl sites for hydroxylation is 1. The molecule has 1 aliphatic heterocycles. The molecule has 106 valence electrons. The quantitative estimate of drug-likeness (QED) is 0.888. The van der Waals surface area contributed by atoms with E-state index in [-0.39, 0.29) is 24.1 Å². The highest BCUT2D eigenvalue weighted by Crippen LogP contribution is 2.18. The summed E-state index contributed by atoms with van der Waals surface area (Å²) >= 11 is 1.64. The molecule has 0 unspecified atom stereocenters. The van der Waals surface area contributed by atoms with Crippen LogP contribution in [0.1, 0.15) is 36.9 Å². The van der Waals surface area contributed by atoms with Crippen LogP contribution < -0.4 is 10.6 Å². The van der Waals surface area contributed by atoms with Gasteiger partial charge in [0, 0.05) is 30.1 Å². The fourth-order valence-electron chi connectivity index (χ4n) is 2.07. The second-order valence-corrected chi connectivity index (χ2v) is 5.94. The van der Waals surface area contributed by atoms with Crippen LogP contribution in [0.5, 0.6) is 0 Å². The number of hydrogen-bond acceptors (Lipinski definition) is 4. The van der Waals surface area contributed by atoms with E-state index in [1.807, 2.05) is 19.2 Å². The number of carbonyl (C=O) groups excluding carboxylic acids is 1. The van der Waals surface area contributed by atoms with Gasteiger partial charge in [-0.25, -0.2) is 9.78 Å². The first-order valence-corrected chi connectivity index (χ1v) is 7.52. The number of thiazole rings is 1. The summed E-state index contributed by atoms with van der Waals surface area (Å²) in [6.45, 7) is 7.36. The third-order valence-corrected chi connectivity index (χ3v) is 4.51. The predicted octanol–water partition coefficient (Wildman–Crippen LogP) is 2.03. The summed E-state index contributed by atoms with van der Waals surface area (Å²) in [6, 6.07) is -0.000101. The van der Waals surface area contributed by atoms with E-state index in [4.69, 9.17) is 4.74 Å². The molecule has 19 heavy (non-hydrogen) atoms. The number of rotatable bonds is 4.